The third kappa shape index (κ3) is 5.13. The van der Waals surface area contributed by atoms with Gasteiger partial charge in [0.1, 0.15) is 0 Å². The fourth-order valence-electron chi connectivity index (χ4n) is 3.59. The lowest BCUT2D eigenvalue weighted by Crippen LogP contribution is -2.20. The third-order valence-corrected chi connectivity index (χ3v) is 7.44. The normalized spacial score (nSPS) is 12.3. The third-order valence-electron chi connectivity index (χ3n) is 5.00. The average Bonchev–Trinajstić information content (AvgIpc) is 2.82. The largest absolute Gasteiger partial charge is 0.385 e. The minimum Gasteiger partial charge on any atom is -0.385 e. The minimum absolute atomic E-state index is 0.446. The molecule has 4 aromatic carbocycles. The van der Waals surface area contributed by atoms with Gasteiger partial charge in [0.15, 0.2) is 0 Å². The van der Waals surface area contributed by atoms with Crippen molar-refractivity contribution >= 4 is 29.5 Å². The summed E-state index contributed by atoms with van der Waals surface area (Å²) in [5.74, 6) is 0. The predicted octanol–water partition coefficient (Wildman–Crippen LogP) is 5.49. The van der Waals surface area contributed by atoms with E-state index < -0.39 is 7.92 Å². The number of fused-ring (bicyclic) bond motifs is 1. The first-order valence-electron chi connectivity index (χ1n) is 10.2. The van der Waals surface area contributed by atoms with E-state index in [0.29, 0.717) is 0 Å². The zero-order valence-electron chi connectivity index (χ0n) is 16.5. The molecule has 0 unspecified atom stereocenters. The van der Waals surface area contributed by atoms with Crippen LogP contribution in [0.3, 0.4) is 0 Å². The predicted molar refractivity (Wildman–Crippen MR) is 128 cm³/mol. The Bertz CT molecular complexity index is 881. The van der Waals surface area contributed by atoms with E-state index in [-0.39, 0.29) is 0 Å². The molecule has 0 bridgehead atoms. The first-order valence-corrected chi connectivity index (χ1v) is 11.5. The Labute approximate surface area is 175 Å². The van der Waals surface area contributed by atoms with Gasteiger partial charge in [0, 0.05) is 12.2 Å². The second-order valence-electron chi connectivity index (χ2n) is 7.03. The molecule has 0 amide bonds. The standard InChI is InChI=1S/C18H15P.C9H11N/c1-4-10-16(11-5-1)19(17-12-6-2-7-13-17)18-14-8-3-9-15-18;1-2-6-9-8(4-1)5-3-7-10-9/h1-15H;1-2,4,6,10H,3,5,7H2. The van der Waals surface area contributed by atoms with Gasteiger partial charge in [-0.1, -0.05) is 109 Å². The van der Waals surface area contributed by atoms with Crippen molar-refractivity contribution < 1.29 is 0 Å². The Kier molecular flexibility index (Phi) is 6.73. The Balaban J connectivity index is 0.000000171. The molecule has 144 valence electrons. The van der Waals surface area contributed by atoms with Gasteiger partial charge in [-0.2, -0.15) is 0 Å². The van der Waals surface area contributed by atoms with Crippen LogP contribution in [0.25, 0.3) is 0 Å². The maximum Gasteiger partial charge on any atom is 0.0372 e. The summed E-state index contributed by atoms with van der Waals surface area (Å²) in [6, 6.07) is 40.9. The van der Waals surface area contributed by atoms with E-state index in [1.165, 1.54) is 40.0 Å². The summed E-state index contributed by atoms with van der Waals surface area (Å²) >= 11 is 0. The van der Waals surface area contributed by atoms with E-state index in [4.69, 9.17) is 0 Å². The zero-order chi connectivity index (χ0) is 19.7. The summed E-state index contributed by atoms with van der Waals surface area (Å²) in [6.07, 6.45) is 2.51. The zero-order valence-corrected chi connectivity index (χ0v) is 17.4. The molecule has 0 saturated heterocycles. The molecule has 0 radical (unpaired) electrons. The lowest BCUT2D eigenvalue weighted by Gasteiger charge is -2.18. The molecular formula is C27H26NP. The summed E-state index contributed by atoms with van der Waals surface area (Å²) in [5, 5.41) is 7.56. The Morgan fingerprint density at radius 1 is 0.517 bits per heavy atom. The van der Waals surface area contributed by atoms with Gasteiger partial charge in [-0.05, 0) is 48.3 Å². The maximum atomic E-state index is 3.36. The van der Waals surface area contributed by atoms with E-state index in [0.717, 1.165) is 6.54 Å². The van der Waals surface area contributed by atoms with Gasteiger partial charge in [0.05, 0.1) is 0 Å². The van der Waals surface area contributed by atoms with E-state index in [1.807, 2.05) is 0 Å². The van der Waals surface area contributed by atoms with Crippen LogP contribution in [0.2, 0.25) is 0 Å². The Hall–Kier alpha value is -2.89. The van der Waals surface area contributed by atoms with E-state index in [2.05, 4.69) is 121 Å². The van der Waals surface area contributed by atoms with Crippen LogP contribution in [0.1, 0.15) is 12.0 Å². The molecular weight excluding hydrogens is 369 g/mol. The number of para-hydroxylation sites is 1. The van der Waals surface area contributed by atoms with Gasteiger partial charge >= 0.3 is 0 Å². The average molecular weight is 395 g/mol. The highest BCUT2D eigenvalue weighted by atomic mass is 31.1. The quantitative estimate of drug-likeness (QED) is 0.452. The number of aryl methyl sites for hydroxylation is 1. The van der Waals surface area contributed by atoms with Crippen LogP contribution in [0.5, 0.6) is 0 Å². The molecule has 0 aromatic heterocycles. The highest BCUT2D eigenvalue weighted by molar-refractivity contribution is 7.79. The molecule has 0 fully saturated rings. The summed E-state index contributed by atoms with van der Waals surface area (Å²) in [6.45, 7) is 1.14. The monoisotopic (exact) mass is 395 g/mol. The Morgan fingerprint density at radius 3 is 1.45 bits per heavy atom. The first kappa shape index (κ1) is 19.4. The number of hydrogen-bond donors (Lipinski definition) is 1. The van der Waals surface area contributed by atoms with E-state index in [9.17, 15) is 0 Å². The number of rotatable bonds is 3. The summed E-state index contributed by atoms with van der Waals surface area (Å²) in [5.41, 5.74) is 2.79. The van der Waals surface area contributed by atoms with Crippen LogP contribution in [-0.4, -0.2) is 6.54 Å². The molecule has 1 aliphatic heterocycles. The van der Waals surface area contributed by atoms with Crippen molar-refractivity contribution in [2.45, 2.75) is 12.8 Å². The van der Waals surface area contributed by atoms with Crippen molar-refractivity contribution in [3.63, 3.8) is 0 Å². The summed E-state index contributed by atoms with van der Waals surface area (Å²) < 4.78 is 0. The van der Waals surface area contributed by atoms with Crippen LogP contribution < -0.4 is 21.2 Å². The highest BCUT2D eigenvalue weighted by Gasteiger charge is 2.15. The van der Waals surface area contributed by atoms with Crippen LogP contribution in [0, 0.1) is 0 Å². The van der Waals surface area contributed by atoms with Gasteiger partial charge < -0.3 is 5.32 Å². The smallest absolute Gasteiger partial charge is 0.0372 e. The van der Waals surface area contributed by atoms with Crippen LogP contribution in [0.15, 0.2) is 115 Å². The molecule has 1 aliphatic rings. The molecule has 0 saturated carbocycles. The van der Waals surface area contributed by atoms with Gasteiger partial charge in [0.2, 0.25) is 0 Å². The van der Waals surface area contributed by atoms with Crippen molar-refractivity contribution in [3.8, 4) is 0 Å². The SMILES string of the molecule is c1ccc(P(c2ccccc2)c2ccccc2)cc1.c1ccc2c(c1)CCCN2. The minimum atomic E-state index is -0.446. The fourth-order valence-corrected chi connectivity index (χ4v) is 5.90. The van der Waals surface area contributed by atoms with Crippen molar-refractivity contribution in [2.75, 3.05) is 11.9 Å². The van der Waals surface area contributed by atoms with Crippen LogP contribution in [-0.2, 0) is 6.42 Å². The number of anilines is 1. The topological polar surface area (TPSA) is 12.0 Å². The van der Waals surface area contributed by atoms with Gasteiger partial charge in [-0.15, -0.1) is 0 Å². The molecule has 1 heterocycles. The molecule has 29 heavy (non-hydrogen) atoms. The number of benzene rings is 4. The first-order chi connectivity index (χ1) is 14.4. The molecule has 1 nitrogen and oxygen atoms in total. The molecule has 2 heteroatoms. The molecule has 5 rings (SSSR count). The number of nitrogens with one attached hydrogen (secondary N) is 1. The molecule has 0 aliphatic carbocycles. The second-order valence-corrected chi connectivity index (χ2v) is 9.25. The fraction of sp³-hybridized carbons (Fsp3) is 0.111. The lowest BCUT2D eigenvalue weighted by molar-refractivity contribution is 0.830. The van der Waals surface area contributed by atoms with Gasteiger partial charge in [-0.3, -0.25) is 0 Å². The van der Waals surface area contributed by atoms with E-state index in [1.54, 1.807) is 0 Å². The maximum absolute atomic E-state index is 3.36. The van der Waals surface area contributed by atoms with Crippen molar-refractivity contribution in [1.82, 2.24) is 0 Å². The second kappa shape index (κ2) is 10.0. The van der Waals surface area contributed by atoms with Crippen molar-refractivity contribution in [2.24, 2.45) is 0 Å². The highest BCUT2D eigenvalue weighted by Crippen LogP contribution is 2.32. The molecule has 1 N–H and O–H groups in total. The van der Waals surface area contributed by atoms with Crippen molar-refractivity contribution in [1.29, 1.82) is 0 Å². The molecule has 4 aromatic rings. The van der Waals surface area contributed by atoms with Gasteiger partial charge in [0.25, 0.3) is 0 Å². The van der Waals surface area contributed by atoms with Crippen molar-refractivity contribution in [3.05, 3.63) is 121 Å². The van der Waals surface area contributed by atoms with Gasteiger partial charge in [-0.25, -0.2) is 0 Å². The molecule has 0 spiro atoms. The summed E-state index contributed by atoms with van der Waals surface area (Å²) in [4.78, 5) is 0. The van der Waals surface area contributed by atoms with Crippen LogP contribution in [0.4, 0.5) is 5.69 Å². The number of hydrogen-bond acceptors (Lipinski definition) is 1. The van der Waals surface area contributed by atoms with E-state index >= 15 is 0 Å². The lowest BCUT2D eigenvalue weighted by atomic mass is 10.0. The van der Waals surface area contributed by atoms with Crippen LogP contribution >= 0.6 is 7.92 Å². The summed E-state index contributed by atoms with van der Waals surface area (Å²) in [7, 11) is -0.446. The Morgan fingerprint density at radius 2 is 0.966 bits per heavy atom. The molecule has 0 atom stereocenters.